The fourth-order valence-electron chi connectivity index (χ4n) is 0.817. The topological polar surface area (TPSA) is 92.5 Å². The molecule has 6 nitrogen and oxygen atoms in total. The third kappa shape index (κ3) is 4.20. The van der Waals surface area contributed by atoms with Crippen molar-refractivity contribution in [2.45, 2.75) is 13.8 Å². The summed E-state index contributed by atoms with van der Waals surface area (Å²) in [4.78, 5) is 10.3. The molecule has 0 radical (unpaired) electrons. The second-order valence-corrected chi connectivity index (χ2v) is 4.13. The number of amides is 1. The average molecular weight is 209 g/mol. The van der Waals surface area contributed by atoms with Gasteiger partial charge in [-0.25, -0.2) is 0 Å². The van der Waals surface area contributed by atoms with Crippen LogP contribution in [0, 0.1) is 0 Å². The lowest BCUT2D eigenvalue weighted by atomic mass is 10.7. The van der Waals surface area contributed by atoms with Crippen LogP contribution in [0.1, 0.15) is 13.8 Å². The standard InChI is InChI=1S/C6H15N3O3S/c1-3-9(4-2)13(11,12)8-5-6(7)10/h8H,3-5H2,1-2H3,(H2,7,10). The van der Waals surface area contributed by atoms with Gasteiger partial charge >= 0.3 is 0 Å². The molecule has 13 heavy (non-hydrogen) atoms. The van der Waals surface area contributed by atoms with Crippen molar-refractivity contribution in [3.63, 3.8) is 0 Å². The largest absolute Gasteiger partial charge is 0.369 e. The summed E-state index contributed by atoms with van der Waals surface area (Å²) >= 11 is 0. The van der Waals surface area contributed by atoms with Gasteiger partial charge < -0.3 is 5.73 Å². The van der Waals surface area contributed by atoms with Crippen LogP contribution >= 0.6 is 0 Å². The average Bonchev–Trinajstić information content (AvgIpc) is 2.03. The molecule has 0 aliphatic rings. The quantitative estimate of drug-likeness (QED) is 0.566. The van der Waals surface area contributed by atoms with Crippen molar-refractivity contribution < 1.29 is 13.2 Å². The molecule has 0 aliphatic carbocycles. The van der Waals surface area contributed by atoms with Gasteiger partial charge in [0.25, 0.3) is 10.2 Å². The van der Waals surface area contributed by atoms with Gasteiger partial charge in [-0.05, 0) is 0 Å². The molecular formula is C6H15N3O3S. The monoisotopic (exact) mass is 209 g/mol. The first-order valence-corrected chi connectivity index (χ1v) is 5.41. The summed E-state index contributed by atoms with van der Waals surface area (Å²) in [5.74, 6) is -0.698. The van der Waals surface area contributed by atoms with E-state index in [0.29, 0.717) is 13.1 Å². The predicted octanol–water partition coefficient (Wildman–Crippen LogP) is -1.35. The number of hydrogen-bond acceptors (Lipinski definition) is 3. The van der Waals surface area contributed by atoms with Gasteiger partial charge in [0.2, 0.25) is 5.91 Å². The molecule has 0 aromatic rings. The molecular weight excluding hydrogens is 194 g/mol. The lowest BCUT2D eigenvalue weighted by molar-refractivity contribution is -0.116. The Bertz CT molecular complexity index is 258. The van der Waals surface area contributed by atoms with Gasteiger partial charge in [0, 0.05) is 13.1 Å². The van der Waals surface area contributed by atoms with Gasteiger partial charge in [-0.15, -0.1) is 0 Å². The molecule has 0 spiro atoms. The highest BCUT2D eigenvalue weighted by molar-refractivity contribution is 7.87. The van der Waals surface area contributed by atoms with E-state index in [9.17, 15) is 13.2 Å². The maximum atomic E-state index is 11.3. The highest BCUT2D eigenvalue weighted by atomic mass is 32.2. The molecule has 0 unspecified atom stereocenters. The van der Waals surface area contributed by atoms with Crippen LogP contribution in [0.2, 0.25) is 0 Å². The third-order valence-corrected chi connectivity index (χ3v) is 3.18. The summed E-state index contributed by atoms with van der Waals surface area (Å²) < 4.78 is 25.9. The second-order valence-electron chi connectivity index (χ2n) is 2.38. The smallest absolute Gasteiger partial charge is 0.279 e. The van der Waals surface area contributed by atoms with E-state index in [2.05, 4.69) is 4.72 Å². The molecule has 0 aromatic carbocycles. The summed E-state index contributed by atoms with van der Waals surface area (Å²) in [5, 5.41) is 0. The number of hydrogen-bond donors (Lipinski definition) is 2. The Labute approximate surface area is 78.3 Å². The second kappa shape index (κ2) is 5.15. The molecule has 0 atom stereocenters. The first kappa shape index (κ1) is 12.3. The number of nitrogens with zero attached hydrogens (tertiary/aromatic N) is 1. The number of primary amides is 1. The normalized spacial score (nSPS) is 11.9. The summed E-state index contributed by atoms with van der Waals surface area (Å²) in [5.41, 5.74) is 4.80. The Balaban J connectivity index is 4.30. The fourth-order valence-corrected chi connectivity index (χ4v) is 2.00. The summed E-state index contributed by atoms with van der Waals surface area (Å²) in [7, 11) is -3.54. The Kier molecular flexibility index (Phi) is 4.89. The van der Waals surface area contributed by atoms with E-state index in [1.807, 2.05) is 0 Å². The zero-order valence-corrected chi connectivity index (χ0v) is 8.60. The van der Waals surface area contributed by atoms with Crippen molar-refractivity contribution in [2.75, 3.05) is 19.6 Å². The molecule has 0 rings (SSSR count). The number of carbonyl (C=O) groups is 1. The zero-order valence-electron chi connectivity index (χ0n) is 7.78. The zero-order chi connectivity index (χ0) is 10.5. The Morgan fingerprint density at radius 2 is 1.85 bits per heavy atom. The lowest BCUT2D eigenvalue weighted by Crippen LogP contribution is -2.43. The maximum Gasteiger partial charge on any atom is 0.279 e. The Morgan fingerprint density at radius 1 is 1.38 bits per heavy atom. The van der Waals surface area contributed by atoms with Gasteiger partial charge in [0.05, 0.1) is 6.54 Å². The molecule has 0 fully saturated rings. The van der Waals surface area contributed by atoms with Gasteiger partial charge in [-0.1, -0.05) is 13.8 Å². The SMILES string of the molecule is CCN(CC)S(=O)(=O)NCC(N)=O. The number of nitrogens with two attached hydrogens (primary N) is 1. The molecule has 3 N–H and O–H groups in total. The van der Waals surface area contributed by atoms with E-state index in [4.69, 9.17) is 5.73 Å². The minimum absolute atomic E-state index is 0.362. The summed E-state index contributed by atoms with van der Waals surface area (Å²) in [6.07, 6.45) is 0. The van der Waals surface area contributed by atoms with Crippen LogP contribution in [-0.2, 0) is 15.0 Å². The molecule has 0 aromatic heterocycles. The van der Waals surface area contributed by atoms with Gasteiger partial charge in [0.1, 0.15) is 0 Å². The Morgan fingerprint density at radius 3 is 2.15 bits per heavy atom. The minimum atomic E-state index is -3.54. The highest BCUT2D eigenvalue weighted by Crippen LogP contribution is 1.95. The minimum Gasteiger partial charge on any atom is -0.369 e. The van der Waals surface area contributed by atoms with Crippen LogP contribution < -0.4 is 10.5 Å². The first-order chi connectivity index (χ1) is 5.94. The van der Waals surface area contributed by atoms with Crippen molar-refractivity contribution >= 4 is 16.1 Å². The van der Waals surface area contributed by atoms with E-state index in [1.54, 1.807) is 13.8 Å². The molecule has 0 aliphatic heterocycles. The number of carbonyl (C=O) groups excluding carboxylic acids is 1. The maximum absolute atomic E-state index is 11.3. The van der Waals surface area contributed by atoms with Crippen molar-refractivity contribution in [1.29, 1.82) is 0 Å². The fraction of sp³-hybridized carbons (Fsp3) is 0.833. The van der Waals surface area contributed by atoms with E-state index in [0.717, 1.165) is 0 Å². The van der Waals surface area contributed by atoms with Gasteiger partial charge in [-0.3, -0.25) is 4.79 Å². The molecule has 78 valence electrons. The van der Waals surface area contributed by atoms with Crippen molar-refractivity contribution in [2.24, 2.45) is 5.73 Å². The molecule has 7 heteroatoms. The van der Waals surface area contributed by atoms with E-state index >= 15 is 0 Å². The molecule has 1 amide bonds. The van der Waals surface area contributed by atoms with Crippen molar-refractivity contribution in [3.05, 3.63) is 0 Å². The van der Waals surface area contributed by atoms with E-state index in [1.165, 1.54) is 4.31 Å². The third-order valence-electron chi connectivity index (χ3n) is 1.47. The van der Waals surface area contributed by atoms with Crippen LogP contribution in [0.5, 0.6) is 0 Å². The van der Waals surface area contributed by atoms with Crippen LogP contribution in [0.15, 0.2) is 0 Å². The van der Waals surface area contributed by atoms with Gasteiger partial charge in [0.15, 0.2) is 0 Å². The van der Waals surface area contributed by atoms with E-state index in [-0.39, 0.29) is 6.54 Å². The van der Waals surface area contributed by atoms with Crippen molar-refractivity contribution in [3.8, 4) is 0 Å². The number of rotatable bonds is 6. The lowest BCUT2D eigenvalue weighted by Gasteiger charge is -2.17. The number of nitrogens with one attached hydrogen (secondary N) is 1. The van der Waals surface area contributed by atoms with Crippen LogP contribution in [-0.4, -0.2) is 38.3 Å². The van der Waals surface area contributed by atoms with Crippen LogP contribution in [0.4, 0.5) is 0 Å². The van der Waals surface area contributed by atoms with Crippen LogP contribution in [0.25, 0.3) is 0 Å². The Hall–Kier alpha value is -0.660. The van der Waals surface area contributed by atoms with Gasteiger partial charge in [-0.2, -0.15) is 17.4 Å². The molecule has 0 saturated carbocycles. The van der Waals surface area contributed by atoms with E-state index < -0.39 is 16.1 Å². The van der Waals surface area contributed by atoms with Crippen LogP contribution in [0.3, 0.4) is 0 Å². The van der Waals surface area contributed by atoms with Crippen molar-refractivity contribution in [1.82, 2.24) is 9.03 Å². The first-order valence-electron chi connectivity index (χ1n) is 3.97. The molecule has 0 heterocycles. The molecule has 0 saturated heterocycles. The summed E-state index contributed by atoms with van der Waals surface area (Å²) in [6, 6.07) is 0. The molecule has 0 bridgehead atoms. The highest BCUT2D eigenvalue weighted by Gasteiger charge is 2.17. The summed E-state index contributed by atoms with van der Waals surface area (Å²) in [6.45, 7) is 3.80. The predicted molar refractivity (Wildman–Crippen MR) is 49.0 cm³/mol.